The van der Waals surface area contributed by atoms with Crippen LogP contribution in [0.3, 0.4) is 0 Å². The molecule has 0 bridgehead atoms. The molecule has 1 nitrogen and oxygen atoms in total. The number of benzene rings is 1. The van der Waals surface area contributed by atoms with E-state index in [2.05, 4.69) is 0 Å². The molecule has 15 heavy (non-hydrogen) atoms. The fourth-order valence-electron chi connectivity index (χ4n) is 1.41. The smallest absolute Gasteiger partial charge is 0.288 e. The summed E-state index contributed by atoms with van der Waals surface area (Å²) in [5.74, 6) is -0.866. The van der Waals surface area contributed by atoms with Crippen LogP contribution in [0.2, 0.25) is 0 Å². The van der Waals surface area contributed by atoms with Crippen LogP contribution in [0.25, 0.3) is 0 Å². The van der Waals surface area contributed by atoms with Crippen molar-refractivity contribution in [2.24, 2.45) is 0 Å². The molecule has 0 amide bonds. The van der Waals surface area contributed by atoms with Gasteiger partial charge in [0.2, 0.25) is 5.78 Å². The van der Waals surface area contributed by atoms with Gasteiger partial charge >= 0.3 is 6.43 Å². The first-order chi connectivity index (χ1) is 6.91. The molecule has 0 saturated heterocycles. The maximum Gasteiger partial charge on any atom is 0.300 e. The van der Waals surface area contributed by atoms with Crippen molar-refractivity contribution < 1.29 is 13.6 Å². The van der Waals surface area contributed by atoms with Gasteiger partial charge in [0, 0.05) is 5.56 Å². The Hall–Kier alpha value is -1.25. The minimum atomic E-state index is -2.92. The Balaban J connectivity index is 3.14. The van der Waals surface area contributed by atoms with Gasteiger partial charge in [0.25, 0.3) is 0 Å². The monoisotopic (exact) mass is 212 g/mol. The average molecular weight is 212 g/mol. The second-order valence-electron chi connectivity index (χ2n) is 3.95. The summed E-state index contributed by atoms with van der Waals surface area (Å²) >= 11 is 0. The van der Waals surface area contributed by atoms with Crippen molar-refractivity contribution in [1.82, 2.24) is 0 Å². The van der Waals surface area contributed by atoms with Crippen molar-refractivity contribution in [3.63, 3.8) is 0 Å². The number of hydrogen-bond acceptors (Lipinski definition) is 1. The third-order valence-corrected chi connectivity index (χ3v) is 2.25. The molecule has 0 heterocycles. The summed E-state index contributed by atoms with van der Waals surface area (Å²) in [4.78, 5) is 11.1. The van der Waals surface area contributed by atoms with Crippen LogP contribution in [0, 0.1) is 6.92 Å². The minimum absolute atomic E-state index is 0.105. The van der Waals surface area contributed by atoms with Crippen molar-refractivity contribution in [2.75, 3.05) is 0 Å². The SMILES string of the molecule is Cc1cc(C(=O)C(F)F)cc(C(C)C)c1. The summed E-state index contributed by atoms with van der Waals surface area (Å²) in [6.07, 6.45) is -2.92. The zero-order chi connectivity index (χ0) is 11.6. The van der Waals surface area contributed by atoms with Gasteiger partial charge < -0.3 is 0 Å². The highest BCUT2D eigenvalue weighted by Gasteiger charge is 2.18. The molecule has 1 aromatic carbocycles. The summed E-state index contributed by atoms with van der Waals surface area (Å²) < 4.78 is 24.5. The van der Waals surface area contributed by atoms with Gasteiger partial charge in [0.15, 0.2) is 0 Å². The quantitative estimate of drug-likeness (QED) is 0.700. The van der Waals surface area contributed by atoms with Gasteiger partial charge in [-0.2, -0.15) is 0 Å². The van der Waals surface area contributed by atoms with Crippen LogP contribution in [-0.2, 0) is 0 Å². The molecular formula is C12H14F2O. The van der Waals surface area contributed by atoms with Gasteiger partial charge in [-0.1, -0.05) is 25.5 Å². The number of hydrogen-bond donors (Lipinski definition) is 0. The molecule has 0 atom stereocenters. The van der Waals surface area contributed by atoms with Gasteiger partial charge in [-0.15, -0.1) is 0 Å². The van der Waals surface area contributed by atoms with Crippen LogP contribution in [-0.4, -0.2) is 12.2 Å². The first kappa shape index (κ1) is 11.8. The third-order valence-electron chi connectivity index (χ3n) is 2.25. The molecule has 0 radical (unpaired) electrons. The lowest BCUT2D eigenvalue weighted by atomic mass is 9.97. The Morgan fingerprint density at radius 3 is 2.27 bits per heavy atom. The van der Waals surface area contributed by atoms with Crippen LogP contribution in [0.1, 0.15) is 41.3 Å². The summed E-state index contributed by atoms with van der Waals surface area (Å²) in [7, 11) is 0. The van der Waals surface area contributed by atoms with Gasteiger partial charge in [-0.3, -0.25) is 4.79 Å². The molecule has 0 unspecified atom stereocenters. The van der Waals surface area contributed by atoms with Gasteiger partial charge in [0.1, 0.15) is 0 Å². The van der Waals surface area contributed by atoms with E-state index in [1.54, 1.807) is 13.0 Å². The van der Waals surface area contributed by atoms with E-state index in [1.807, 2.05) is 19.9 Å². The Morgan fingerprint density at radius 1 is 1.20 bits per heavy atom. The maximum absolute atomic E-state index is 12.2. The predicted molar refractivity (Wildman–Crippen MR) is 55.6 cm³/mol. The molecule has 0 saturated carbocycles. The van der Waals surface area contributed by atoms with Crippen molar-refractivity contribution in [2.45, 2.75) is 33.1 Å². The van der Waals surface area contributed by atoms with Crippen LogP contribution in [0.4, 0.5) is 8.78 Å². The first-order valence-electron chi connectivity index (χ1n) is 4.85. The standard InChI is InChI=1S/C12H14F2O/c1-7(2)9-4-8(3)5-10(6-9)11(15)12(13)14/h4-7,12H,1-3H3. The average Bonchev–Trinajstić information content (AvgIpc) is 2.15. The molecular weight excluding hydrogens is 198 g/mol. The molecule has 0 aliphatic heterocycles. The number of carbonyl (C=O) groups is 1. The summed E-state index contributed by atoms with van der Waals surface area (Å²) in [5, 5.41) is 0. The van der Waals surface area contributed by atoms with E-state index in [9.17, 15) is 13.6 Å². The summed E-state index contributed by atoms with van der Waals surface area (Å²) in [5.41, 5.74) is 1.86. The molecule has 0 spiro atoms. The molecule has 1 rings (SSSR count). The van der Waals surface area contributed by atoms with Crippen LogP contribution < -0.4 is 0 Å². The van der Waals surface area contributed by atoms with E-state index in [0.29, 0.717) is 0 Å². The second-order valence-corrected chi connectivity index (χ2v) is 3.95. The van der Waals surface area contributed by atoms with Crippen LogP contribution in [0.15, 0.2) is 18.2 Å². The lowest BCUT2D eigenvalue weighted by molar-refractivity contribution is 0.0678. The molecule has 0 aliphatic rings. The Kier molecular flexibility index (Phi) is 3.56. The fraction of sp³-hybridized carbons (Fsp3) is 0.417. The predicted octanol–water partition coefficient (Wildman–Crippen LogP) is 3.57. The van der Waals surface area contributed by atoms with E-state index in [0.717, 1.165) is 11.1 Å². The van der Waals surface area contributed by atoms with Gasteiger partial charge in [-0.25, -0.2) is 8.78 Å². The highest BCUT2D eigenvalue weighted by molar-refractivity contribution is 5.98. The lowest BCUT2D eigenvalue weighted by Gasteiger charge is -2.09. The minimum Gasteiger partial charge on any atom is -0.288 e. The molecule has 3 heteroatoms. The van der Waals surface area contributed by atoms with Crippen LogP contribution >= 0.6 is 0 Å². The van der Waals surface area contributed by atoms with E-state index >= 15 is 0 Å². The number of ketones is 1. The van der Waals surface area contributed by atoms with Crippen molar-refractivity contribution in [3.8, 4) is 0 Å². The molecule has 0 N–H and O–H groups in total. The summed E-state index contributed by atoms with van der Waals surface area (Å²) in [6, 6.07) is 4.96. The first-order valence-corrected chi connectivity index (χ1v) is 4.85. The topological polar surface area (TPSA) is 17.1 Å². The molecule has 82 valence electrons. The zero-order valence-corrected chi connectivity index (χ0v) is 9.05. The number of rotatable bonds is 3. The highest BCUT2D eigenvalue weighted by Crippen LogP contribution is 2.19. The second kappa shape index (κ2) is 4.51. The number of alkyl halides is 2. The normalized spacial score (nSPS) is 11.1. The zero-order valence-electron chi connectivity index (χ0n) is 9.05. The van der Waals surface area contributed by atoms with E-state index in [-0.39, 0.29) is 11.5 Å². The largest absolute Gasteiger partial charge is 0.300 e. The number of halogens is 2. The Morgan fingerprint density at radius 2 is 1.80 bits per heavy atom. The lowest BCUT2D eigenvalue weighted by Crippen LogP contribution is -2.11. The van der Waals surface area contributed by atoms with Crippen molar-refractivity contribution >= 4 is 5.78 Å². The molecule has 0 aromatic heterocycles. The van der Waals surface area contributed by atoms with Gasteiger partial charge in [-0.05, 0) is 30.5 Å². The Bertz CT molecular complexity index is 370. The number of carbonyl (C=O) groups excluding carboxylic acids is 1. The van der Waals surface area contributed by atoms with E-state index < -0.39 is 12.2 Å². The van der Waals surface area contributed by atoms with E-state index in [4.69, 9.17) is 0 Å². The Labute approximate surface area is 88.1 Å². The number of aryl methyl sites for hydroxylation is 1. The highest BCUT2D eigenvalue weighted by atomic mass is 19.3. The molecule has 1 aromatic rings. The molecule has 0 aliphatic carbocycles. The van der Waals surface area contributed by atoms with E-state index in [1.165, 1.54) is 6.07 Å². The van der Waals surface area contributed by atoms with Crippen molar-refractivity contribution in [3.05, 3.63) is 34.9 Å². The molecule has 0 fully saturated rings. The van der Waals surface area contributed by atoms with Crippen molar-refractivity contribution in [1.29, 1.82) is 0 Å². The third kappa shape index (κ3) is 2.85. The van der Waals surface area contributed by atoms with Crippen LogP contribution in [0.5, 0.6) is 0 Å². The maximum atomic E-state index is 12.2. The summed E-state index contributed by atoms with van der Waals surface area (Å²) in [6.45, 7) is 5.73. The number of Topliss-reactive ketones (excluding diaryl/α,β-unsaturated/α-hetero) is 1. The van der Waals surface area contributed by atoms with Gasteiger partial charge in [0.05, 0.1) is 0 Å². The fourth-order valence-corrected chi connectivity index (χ4v) is 1.41.